The molecular formula is C12H16O4S2. The van der Waals surface area contributed by atoms with Crippen molar-refractivity contribution in [2.45, 2.75) is 18.2 Å². The van der Waals surface area contributed by atoms with E-state index in [0.29, 0.717) is 12.0 Å². The summed E-state index contributed by atoms with van der Waals surface area (Å²) < 4.78 is 24.2. The molecule has 0 saturated carbocycles. The van der Waals surface area contributed by atoms with E-state index in [4.69, 9.17) is 5.11 Å². The fourth-order valence-corrected chi connectivity index (χ4v) is 3.80. The number of aromatic carboxylic acids is 1. The molecule has 1 aromatic carbocycles. The maximum Gasteiger partial charge on any atom is 0.335 e. The standard InChI is InChI=1S/C12H16O4S2/c1-9-4-5-10(12(13)14)8-11(9)18(15,16)7-3-6-17-2/h4-5,8H,3,6-7H2,1-2H3,(H,13,14). The molecule has 1 aromatic rings. The number of thioether (sulfide) groups is 1. The van der Waals surface area contributed by atoms with Gasteiger partial charge >= 0.3 is 5.97 Å². The third-order valence-electron chi connectivity index (χ3n) is 2.53. The van der Waals surface area contributed by atoms with Crippen molar-refractivity contribution in [2.24, 2.45) is 0 Å². The van der Waals surface area contributed by atoms with E-state index in [9.17, 15) is 13.2 Å². The van der Waals surface area contributed by atoms with Crippen molar-refractivity contribution in [1.29, 1.82) is 0 Å². The quantitative estimate of drug-likeness (QED) is 0.813. The zero-order chi connectivity index (χ0) is 13.8. The highest BCUT2D eigenvalue weighted by molar-refractivity contribution is 7.98. The van der Waals surface area contributed by atoms with Gasteiger partial charge in [0, 0.05) is 0 Å². The number of carboxylic acid groups (broad SMARTS) is 1. The normalized spacial score (nSPS) is 11.4. The van der Waals surface area contributed by atoms with Gasteiger partial charge < -0.3 is 5.11 Å². The van der Waals surface area contributed by atoms with Crippen LogP contribution in [0.4, 0.5) is 0 Å². The molecule has 6 heteroatoms. The Kier molecular flexibility index (Phi) is 5.22. The van der Waals surface area contributed by atoms with Gasteiger partial charge in [-0.15, -0.1) is 0 Å². The predicted octanol–water partition coefficient (Wildman–Crippen LogP) is 2.22. The molecule has 4 nitrogen and oxygen atoms in total. The van der Waals surface area contributed by atoms with Crippen LogP contribution in [-0.4, -0.2) is 37.3 Å². The van der Waals surface area contributed by atoms with E-state index in [-0.39, 0.29) is 16.2 Å². The molecule has 0 amide bonds. The van der Waals surface area contributed by atoms with Gasteiger partial charge in [-0.25, -0.2) is 13.2 Å². The van der Waals surface area contributed by atoms with Crippen LogP contribution in [0.15, 0.2) is 23.1 Å². The number of sulfone groups is 1. The number of benzene rings is 1. The van der Waals surface area contributed by atoms with Crippen LogP contribution in [-0.2, 0) is 9.84 Å². The Hall–Kier alpha value is -1.01. The number of carboxylic acids is 1. The number of rotatable bonds is 6. The highest BCUT2D eigenvalue weighted by Gasteiger charge is 2.18. The number of aryl methyl sites for hydroxylation is 1. The highest BCUT2D eigenvalue weighted by Crippen LogP contribution is 2.19. The topological polar surface area (TPSA) is 71.4 Å². The van der Waals surface area contributed by atoms with Crippen molar-refractivity contribution >= 4 is 27.6 Å². The minimum Gasteiger partial charge on any atom is -0.478 e. The Morgan fingerprint density at radius 1 is 1.39 bits per heavy atom. The van der Waals surface area contributed by atoms with Crippen molar-refractivity contribution in [3.05, 3.63) is 29.3 Å². The van der Waals surface area contributed by atoms with Crippen molar-refractivity contribution in [1.82, 2.24) is 0 Å². The highest BCUT2D eigenvalue weighted by atomic mass is 32.2. The zero-order valence-electron chi connectivity index (χ0n) is 10.3. The summed E-state index contributed by atoms with van der Waals surface area (Å²) in [5.41, 5.74) is 0.591. The number of carbonyl (C=O) groups is 1. The molecule has 100 valence electrons. The van der Waals surface area contributed by atoms with Gasteiger partial charge in [0.2, 0.25) is 0 Å². The third-order valence-corrected chi connectivity index (χ3v) is 5.16. The van der Waals surface area contributed by atoms with E-state index < -0.39 is 15.8 Å². The summed E-state index contributed by atoms with van der Waals surface area (Å²) in [5, 5.41) is 8.88. The fraction of sp³-hybridized carbons (Fsp3) is 0.417. The van der Waals surface area contributed by atoms with Gasteiger partial charge in [0.05, 0.1) is 16.2 Å². The molecule has 0 bridgehead atoms. The van der Waals surface area contributed by atoms with Gasteiger partial charge in [-0.2, -0.15) is 11.8 Å². The second kappa shape index (κ2) is 6.24. The molecule has 0 unspecified atom stereocenters. The lowest BCUT2D eigenvalue weighted by molar-refractivity contribution is 0.0696. The van der Waals surface area contributed by atoms with Crippen molar-refractivity contribution < 1.29 is 18.3 Å². The average Bonchev–Trinajstić information content (AvgIpc) is 2.29. The summed E-state index contributed by atoms with van der Waals surface area (Å²) in [4.78, 5) is 11.0. The van der Waals surface area contributed by atoms with Crippen LogP contribution >= 0.6 is 11.8 Å². The van der Waals surface area contributed by atoms with Crippen molar-refractivity contribution in [3.8, 4) is 0 Å². The first-order valence-electron chi connectivity index (χ1n) is 5.44. The predicted molar refractivity (Wildman–Crippen MR) is 73.2 cm³/mol. The molecule has 18 heavy (non-hydrogen) atoms. The molecule has 0 aliphatic carbocycles. The number of hydrogen-bond acceptors (Lipinski definition) is 4. The van der Waals surface area contributed by atoms with E-state index in [1.165, 1.54) is 18.2 Å². The second-order valence-corrected chi connectivity index (χ2v) is 7.01. The molecule has 0 aromatic heterocycles. The first kappa shape index (κ1) is 15.0. The van der Waals surface area contributed by atoms with E-state index in [2.05, 4.69) is 0 Å². The molecule has 0 aliphatic heterocycles. The minimum atomic E-state index is -3.40. The molecule has 0 atom stereocenters. The first-order valence-corrected chi connectivity index (χ1v) is 8.48. The van der Waals surface area contributed by atoms with E-state index >= 15 is 0 Å². The average molecular weight is 288 g/mol. The Labute approximate surface area is 111 Å². The summed E-state index contributed by atoms with van der Waals surface area (Å²) in [6.45, 7) is 1.67. The van der Waals surface area contributed by atoms with Gasteiger partial charge in [-0.1, -0.05) is 6.07 Å². The fourth-order valence-electron chi connectivity index (χ4n) is 1.57. The summed E-state index contributed by atoms with van der Waals surface area (Å²) in [6, 6.07) is 4.19. The molecule has 0 fully saturated rings. The van der Waals surface area contributed by atoms with Gasteiger partial charge in [0.15, 0.2) is 9.84 Å². The van der Waals surface area contributed by atoms with Crippen LogP contribution in [0.1, 0.15) is 22.3 Å². The lowest BCUT2D eigenvalue weighted by Crippen LogP contribution is -2.10. The van der Waals surface area contributed by atoms with Crippen molar-refractivity contribution in [2.75, 3.05) is 17.8 Å². The molecule has 1 rings (SSSR count). The molecule has 0 saturated heterocycles. The summed E-state index contributed by atoms with van der Waals surface area (Å²) >= 11 is 1.59. The van der Waals surface area contributed by atoms with Crippen LogP contribution in [0.25, 0.3) is 0 Å². The largest absolute Gasteiger partial charge is 0.478 e. The van der Waals surface area contributed by atoms with Gasteiger partial charge in [0.1, 0.15) is 0 Å². The second-order valence-electron chi connectivity index (χ2n) is 3.95. The minimum absolute atomic E-state index is 0.00374. The van der Waals surface area contributed by atoms with Crippen LogP contribution in [0, 0.1) is 6.92 Å². The molecule has 0 radical (unpaired) electrons. The lowest BCUT2D eigenvalue weighted by atomic mass is 10.1. The molecule has 1 N–H and O–H groups in total. The smallest absolute Gasteiger partial charge is 0.335 e. The number of hydrogen-bond donors (Lipinski definition) is 1. The molecule has 0 aliphatic rings. The summed E-state index contributed by atoms with van der Waals surface area (Å²) in [7, 11) is -3.40. The monoisotopic (exact) mass is 288 g/mol. The van der Waals surface area contributed by atoms with E-state index in [1.807, 2.05) is 6.26 Å². The first-order chi connectivity index (χ1) is 8.38. The van der Waals surface area contributed by atoms with E-state index in [0.717, 1.165) is 5.75 Å². The summed E-state index contributed by atoms with van der Waals surface area (Å²) in [6.07, 6.45) is 2.49. The van der Waals surface area contributed by atoms with Crippen LogP contribution < -0.4 is 0 Å². The molecular weight excluding hydrogens is 272 g/mol. The van der Waals surface area contributed by atoms with Crippen LogP contribution in [0.3, 0.4) is 0 Å². The third kappa shape index (κ3) is 3.74. The van der Waals surface area contributed by atoms with Crippen LogP contribution in [0.5, 0.6) is 0 Å². The Balaban J connectivity index is 3.07. The van der Waals surface area contributed by atoms with Crippen LogP contribution in [0.2, 0.25) is 0 Å². The van der Waals surface area contributed by atoms with Gasteiger partial charge in [-0.05, 0) is 43.0 Å². The maximum atomic E-state index is 12.1. The maximum absolute atomic E-state index is 12.1. The Bertz CT molecular complexity index is 535. The van der Waals surface area contributed by atoms with Gasteiger partial charge in [0.25, 0.3) is 0 Å². The summed E-state index contributed by atoms with van der Waals surface area (Å²) in [5.74, 6) is -0.287. The molecule has 0 heterocycles. The van der Waals surface area contributed by atoms with Gasteiger partial charge in [-0.3, -0.25) is 0 Å². The Morgan fingerprint density at radius 3 is 2.61 bits per heavy atom. The Morgan fingerprint density at radius 2 is 2.06 bits per heavy atom. The van der Waals surface area contributed by atoms with Crippen molar-refractivity contribution in [3.63, 3.8) is 0 Å². The molecule has 0 spiro atoms. The zero-order valence-corrected chi connectivity index (χ0v) is 12.0. The SMILES string of the molecule is CSCCCS(=O)(=O)c1cc(C(=O)O)ccc1C. The lowest BCUT2D eigenvalue weighted by Gasteiger charge is -2.08. The van der Waals surface area contributed by atoms with E-state index in [1.54, 1.807) is 18.7 Å².